The number of nitrogens with zero attached hydrogens (tertiary/aromatic N) is 2. The molecule has 1 amide bonds. The van der Waals surface area contributed by atoms with E-state index in [4.69, 9.17) is 4.74 Å². The predicted octanol–water partition coefficient (Wildman–Crippen LogP) is 3.75. The second-order valence-corrected chi connectivity index (χ2v) is 5.48. The first kappa shape index (κ1) is 15.8. The number of hydrogen-bond donors (Lipinski definition) is 1. The van der Waals surface area contributed by atoms with E-state index in [-0.39, 0.29) is 5.91 Å². The summed E-state index contributed by atoms with van der Waals surface area (Å²) in [6, 6.07) is 17.0. The molecule has 3 rings (SSSR count). The molecule has 0 radical (unpaired) electrons. The van der Waals surface area contributed by atoms with Crippen LogP contribution in [0.1, 0.15) is 21.7 Å². The van der Waals surface area contributed by atoms with Crippen LogP contribution in [0.25, 0.3) is 5.69 Å². The molecule has 1 heterocycles. The highest BCUT2D eigenvalue weighted by Crippen LogP contribution is 2.21. The van der Waals surface area contributed by atoms with E-state index in [0.717, 1.165) is 11.4 Å². The van der Waals surface area contributed by atoms with Crippen LogP contribution in [0.2, 0.25) is 0 Å². The fraction of sp³-hybridized carbons (Fsp3) is 0.158. The van der Waals surface area contributed by atoms with Crippen LogP contribution in [-0.2, 0) is 0 Å². The molecule has 24 heavy (non-hydrogen) atoms. The van der Waals surface area contributed by atoms with Gasteiger partial charge in [0, 0.05) is 11.8 Å². The molecule has 2 aromatic carbocycles. The number of aryl methyl sites for hydroxylation is 1. The summed E-state index contributed by atoms with van der Waals surface area (Å²) in [7, 11) is 1.60. The Morgan fingerprint density at radius 2 is 1.83 bits per heavy atom. The van der Waals surface area contributed by atoms with Crippen LogP contribution in [0.3, 0.4) is 0 Å². The molecule has 0 fully saturated rings. The van der Waals surface area contributed by atoms with E-state index < -0.39 is 0 Å². The average Bonchev–Trinajstić information content (AvgIpc) is 2.90. The number of hydrogen-bond acceptors (Lipinski definition) is 3. The summed E-state index contributed by atoms with van der Waals surface area (Å²) in [6.45, 7) is 3.74. The quantitative estimate of drug-likeness (QED) is 0.796. The first-order valence-corrected chi connectivity index (χ1v) is 7.67. The second kappa shape index (κ2) is 6.58. The molecule has 0 spiro atoms. The fourth-order valence-electron chi connectivity index (χ4n) is 2.69. The predicted molar refractivity (Wildman–Crippen MR) is 94.0 cm³/mol. The van der Waals surface area contributed by atoms with Gasteiger partial charge in [0.25, 0.3) is 5.91 Å². The number of aromatic nitrogens is 2. The molecular weight excluding hydrogens is 302 g/mol. The minimum atomic E-state index is -0.180. The van der Waals surface area contributed by atoms with Gasteiger partial charge in [0.15, 0.2) is 0 Å². The van der Waals surface area contributed by atoms with E-state index in [2.05, 4.69) is 10.4 Å². The first-order chi connectivity index (χ1) is 11.6. The Labute approximate surface area is 140 Å². The summed E-state index contributed by atoms with van der Waals surface area (Å²) in [5, 5.41) is 7.42. The Morgan fingerprint density at radius 3 is 2.54 bits per heavy atom. The summed E-state index contributed by atoms with van der Waals surface area (Å²) in [5.41, 5.74) is 3.70. The first-order valence-electron chi connectivity index (χ1n) is 7.67. The minimum Gasteiger partial charge on any atom is -0.497 e. The van der Waals surface area contributed by atoms with Crippen molar-refractivity contribution in [2.75, 3.05) is 12.4 Å². The Hall–Kier alpha value is -3.08. The van der Waals surface area contributed by atoms with Gasteiger partial charge in [-0.25, -0.2) is 4.68 Å². The third kappa shape index (κ3) is 3.01. The molecule has 3 aromatic rings. The van der Waals surface area contributed by atoms with Gasteiger partial charge < -0.3 is 10.1 Å². The van der Waals surface area contributed by atoms with Crippen molar-refractivity contribution in [3.63, 3.8) is 0 Å². The summed E-state index contributed by atoms with van der Waals surface area (Å²) in [5.74, 6) is 0.515. The number of rotatable bonds is 4. The molecule has 0 saturated carbocycles. The number of ether oxygens (including phenoxy) is 1. The van der Waals surface area contributed by atoms with Crippen molar-refractivity contribution in [2.24, 2.45) is 0 Å². The number of amides is 1. The number of methoxy groups -OCH3 is 1. The van der Waals surface area contributed by atoms with Gasteiger partial charge in [0.05, 0.1) is 29.7 Å². The number of carbonyl (C=O) groups excluding carboxylic acids is 1. The van der Waals surface area contributed by atoms with Crippen LogP contribution in [0, 0.1) is 13.8 Å². The molecule has 122 valence electrons. The lowest BCUT2D eigenvalue weighted by molar-refractivity contribution is 0.102. The Morgan fingerprint density at radius 1 is 1.08 bits per heavy atom. The summed E-state index contributed by atoms with van der Waals surface area (Å²) < 4.78 is 6.97. The number of benzene rings is 2. The zero-order valence-electron chi connectivity index (χ0n) is 13.9. The van der Waals surface area contributed by atoms with Crippen LogP contribution in [0.4, 0.5) is 5.69 Å². The smallest absolute Gasteiger partial charge is 0.259 e. The van der Waals surface area contributed by atoms with E-state index in [1.165, 1.54) is 0 Å². The third-order valence-corrected chi connectivity index (χ3v) is 3.85. The van der Waals surface area contributed by atoms with Gasteiger partial charge in [0.1, 0.15) is 5.75 Å². The molecule has 5 heteroatoms. The van der Waals surface area contributed by atoms with Gasteiger partial charge in [-0.2, -0.15) is 5.10 Å². The van der Waals surface area contributed by atoms with Crippen molar-refractivity contribution in [3.05, 3.63) is 71.5 Å². The van der Waals surface area contributed by atoms with E-state index in [1.807, 2.05) is 62.4 Å². The summed E-state index contributed by atoms with van der Waals surface area (Å²) in [4.78, 5) is 12.7. The van der Waals surface area contributed by atoms with Crippen molar-refractivity contribution in [2.45, 2.75) is 13.8 Å². The van der Waals surface area contributed by atoms with Gasteiger partial charge in [-0.15, -0.1) is 0 Å². The van der Waals surface area contributed by atoms with Gasteiger partial charge in [0.2, 0.25) is 0 Å². The zero-order valence-corrected chi connectivity index (χ0v) is 13.9. The normalized spacial score (nSPS) is 10.5. The number of nitrogens with one attached hydrogen (secondary N) is 1. The third-order valence-electron chi connectivity index (χ3n) is 3.85. The van der Waals surface area contributed by atoms with Crippen molar-refractivity contribution < 1.29 is 9.53 Å². The van der Waals surface area contributed by atoms with Gasteiger partial charge >= 0.3 is 0 Å². The molecule has 0 atom stereocenters. The molecular formula is C19H19N3O2. The topological polar surface area (TPSA) is 56.1 Å². The second-order valence-electron chi connectivity index (χ2n) is 5.48. The van der Waals surface area contributed by atoms with E-state index in [9.17, 15) is 4.79 Å². The average molecular weight is 321 g/mol. The van der Waals surface area contributed by atoms with Crippen LogP contribution < -0.4 is 10.1 Å². The van der Waals surface area contributed by atoms with Crippen LogP contribution in [-0.4, -0.2) is 22.8 Å². The van der Waals surface area contributed by atoms with E-state index in [0.29, 0.717) is 22.7 Å². The SMILES string of the molecule is COc1cccc(NC(=O)c2c(C)nn(-c3ccccc3)c2C)c1. The maximum atomic E-state index is 12.7. The molecule has 0 bridgehead atoms. The highest BCUT2D eigenvalue weighted by molar-refractivity contribution is 6.06. The van der Waals surface area contributed by atoms with Crippen molar-refractivity contribution in [1.82, 2.24) is 9.78 Å². The highest BCUT2D eigenvalue weighted by atomic mass is 16.5. The monoisotopic (exact) mass is 321 g/mol. The van der Waals surface area contributed by atoms with Crippen LogP contribution in [0.5, 0.6) is 5.75 Å². The Kier molecular flexibility index (Phi) is 4.33. The van der Waals surface area contributed by atoms with Gasteiger partial charge in [-0.05, 0) is 38.1 Å². The fourth-order valence-corrected chi connectivity index (χ4v) is 2.69. The van der Waals surface area contributed by atoms with Gasteiger partial charge in [-0.3, -0.25) is 4.79 Å². The van der Waals surface area contributed by atoms with E-state index in [1.54, 1.807) is 17.9 Å². The lowest BCUT2D eigenvalue weighted by atomic mass is 10.1. The maximum absolute atomic E-state index is 12.7. The largest absolute Gasteiger partial charge is 0.497 e. The zero-order chi connectivity index (χ0) is 17.1. The molecule has 0 saturated heterocycles. The number of anilines is 1. The minimum absolute atomic E-state index is 0.180. The number of para-hydroxylation sites is 1. The van der Waals surface area contributed by atoms with Crippen LogP contribution >= 0.6 is 0 Å². The molecule has 0 aliphatic heterocycles. The van der Waals surface area contributed by atoms with Crippen LogP contribution in [0.15, 0.2) is 54.6 Å². The Bertz CT molecular complexity index is 870. The Balaban J connectivity index is 1.92. The molecule has 1 aromatic heterocycles. The standard InChI is InChI=1S/C19H19N3O2/c1-13-18(14(2)22(21-13)16-9-5-4-6-10-16)19(23)20-15-8-7-11-17(12-15)24-3/h4-12H,1-3H3,(H,20,23). The molecule has 0 unspecified atom stereocenters. The molecule has 0 aliphatic carbocycles. The lowest BCUT2D eigenvalue weighted by Gasteiger charge is -2.08. The van der Waals surface area contributed by atoms with Crippen molar-refractivity contribution in [3.8, 4) is 11.4 Å². The highest BCUT2D eigenvalue weighted by Gasteiger charge is 2.19. The lowest BCUT2D eigenvalue weighted by Crippen LogP contribution is -2.14. The van der Waals surface area contributed by atoms with Gasteiger partial charge in [-0.1, -0.05) is 24.3 Å². The van der Waals surface area contributed by atoms with E-state index >= 15 is 0 Å². The number of carbonyl (C=O) groups is 1. The van der Waals surface area contributed by atoms with Crippen molar-refractivity contribution >= 4 is 11.6 Å². The summed E-state index contributed by atoms with van der Waals surface area (Å²) in [6.07, 6.45) is 0. The molecule has 5 nitrogen and oxygen atoms in total. The summed E-state index contributed by atoms with van der Waals surface area (Å²) >= 11 is 0. The molecule has 0 aliphatic rings. The van der Waals surface area contributed by atoms with Crippen molar-refractivity contribution in [1.29, 1.82) is 0 Å². The maximum Gasteiger partial charge on any atom is 0.259 e. The molecule has 1 N–H and O–H groups in total.